The number of aromatic nitrogens is 1. The Kier molecular flexibility index (Phi) is 1.86. The number of aliphatic hydroxyl groups excluding tert-OH is 1. The molecule has 1 aliphatic rings. The molecule has 0 aromatic carbocycles. The standard InChI is InChI=1S/C6H7BrN2OS/c7-4-3-8-6(11-4)9-2-1-5(9)10/h3,5,10H,1-2H2. The first-order valence-electron chi connectivity index (χ1n) is 3.33. The fourth-order valence-corrected chi connectivity index (χ4v) is 2.23. The van der Waals surface area contributed by atoms with Crippen LogP contribution in [0.3, 0.4) is 0 Å². The van der Waals surface area contributed by atoms with E-state index in [1.807, 2.05) is 4.90 Å². The molecule has 0 amide bonds. The van der Waals surface area contributed by atoms with Gasteiger partial charge in [-0.1, -0.05) is 11.3 Å². The minimum Gasteiger partial charge on any atom is -0.373 e. The second-order valence-corrected chi connectivity index (χ2v) is 4.80. The Hall–Kier alpha value is -0.130. The van der Waals surface area contributed by atoms with Gasteiger partial charge >= 0.3 is 0 Å². The van der Waals surface area contributed by atoms with E-state index in [2.05, 4.69) is 20.9 Å². The van der Waals surface area contributed by atoms with Gasteiger partial charge < -0.3 is 10.0 Å². The van der Waals surface area contributed by atoms with Gasteiger partial charge in [0.05, 0.1) is 9.98 Å². The third-order valence-corrected chi connectivity index (χ3v) is 3.21. The highest BCUT2D eigenvalue weighted by molar-refractivity contribution is 9.11. The Morgan fingerprint density at radius 3 is 3.00 bits per heavy atom. The van der Waals surface area contributed by atoms with Gasteiger partial charge in [-0.15, -0.1) is 0 Å². The lowest BCUT2D eigenvalue weighted by Gasteiger charge is -2.36. The molecule has 1 aliphatic heterocycles. The first kappa shape index (κ1) is 7.52. The number of halogens is 1. The molecule has 0 bridgehead atoms. The summed E-state index contributed by atoms with van der Waals surface area (Å²) in [5, 5.41) is 10.1. The number of hydrogen-bond acceptors (Lipinski definition) is 4. The molecular weight excluding hydrogens is 228 g/mol. The maximum absolute atomic E-state index is 9.25. The van der Waals surface area contributed by atoms with Crippen LogP contribution in [0.15, 0.2) is 9.98 Å². The zero-order valence-electron chi connectivity index (χ0n) is 5.70. The predicted octanol–water partition coefficient (Wildman–Crippen LogP) is 1.43. The van der Waals surface area contributed by atoms with Crippen molar-refractivity contribution in [2.75, 3.05) is 11.4 Å². The van der Waals surface area contributed by atoms with Crippen LogP contribution in [0.1, 0.15) is 6.42 Å². The molecular formula is C6H7BrN2OS. The summed E-state index contributed by atoms with van der Waals surface area (Å²) in [6, 6.07) is 0. The summed E-state index contributed by atoms with van der Waals surface area (Å²) in [4.78, 5) is 6.01. The van der Waals surface area contributed by atoms with Crippen LogP contribution in [-0.2, 0) is 0 Å². The SMILES string of the molecule is OC1CCN1c1ncc(Br)s1. The second-order valence-electron chi connectivity index (χ2n) is 2.41. The molecule has 1 aromatic heterocycles. The van der Waals surface area contributed by atoms with Gasteiger partial charge in [0.2, 0.25) is 0 Å². The summed E-state index contributed by atoms with van der Waals surface area (Å²) < 4.78 is 1.01. The lowest BCUT2D eigenvalue weighted by molar-refractivity contribution is 0.113. The molecule has 1 atom stereocenters. The molecule has 0 saturated carbocycles. The number of hydrogen-bond donors (Lipinski definition) is 1. The highest BCUT2D eigenvalue weighted by Gasteiger charge is 2.27. The van der Waals surface area contributed by atoms with E-state index in [0.717, 1.165) is 21.9 Å². The molecule has 1 N–H and O–H groups in total. The average Bonchev–Trinajstić information content (AvgIpc) is 2.33. The third kappa shape index (κ3) is 1.28. The molecule has 1 fully saturated rings. The van der Waals surface area contributed by atoms with E-state index in [1.165, 1.54) is 0 Å². The van der Waals surface area contributed by atoms with Crippen molar-refractivity contribution < 1.29 is 5.11 Å². The third-order valence-electron chi connectivity index (χ3n) is 1.70. The zero-order valence-corrected chi connectivity index (χ0v) is 8.10. The van der Waals surface area contributed by atoms with E-state index in [4.69, 9.17) is 0 Å². The van der Waals surface area contributed by atoms with Crippen LogP contribution in [0.4, 0.5) is 5.13 Å². The highest BCUT2D eigenvalue weighted by atomic mass is 79.9. The van der Waals surface area contributed by atoms with Crippen LogP contribution in [0, 0.1) is 0 Å². The van der Waals surface area contributed by atoms with Gasteiger partial charge in [-0.05, 0) is 15.9 Å². The van der Waals surface area contributed by atoms with Crippen LogP contribution in [-0.4, -0.2) is 22.9 Å². The maximum atomic E-state index is 9.25. The lowest BCUT2D eigenvalue weighted by Crippen LogP contribution is -2.47. The van der Waals surface area contributed by atoms with Crippen molar-refractivity contribution >= 4 is 32.4 Å². The van der Waals surface area contributed by atoms with Gasteiger partial charge in [0.15, 0.2) is 5.13 Å². The molecule has 60 valence electrons. The fraction of sp³-hybridized carbons (Fsp3) is 0.500. The summed E-state index contributed by atoms with van der Waals surface area (Å²) in [7, 11) is 0. The van der Waals surface area contributed by atoms with E-state index in [1.54, 1.807) is 17.5 Å². The molecule has 0 aliphatic carbocycles. The zero-order chi connectivity index (χ0) is 7.84. The second kappa shape index (κ2) is 2.73. The minimum atomic E-state index is -0.312. The number of rotatable bonds is 1. The molecule has 0 spiro atoms. The Morgan fingerprint density at radius 2 is 2.64 bits per heavy atom. The van der Waals surface area contributed by atoms with Crippen LogP contribution < -0.4 is 4.90 Å². The smallest absolute Gasteiger partial charge is 0.188 e. The van der Waals surface area contributed by atoms with E-state index in [-0.39, 0.29) is 6.23 Å². The molecule has 0 radical (unpaired) electrons. The summed E-state index contributed by atoms with van der Waals surface area (Å²) in [6.45, 7) is 0.918. The van der Waals surface area contributed by atoms with Crippen molar-refractivity contribution in [3.8, 4) is 0 Å². The normalized spacial score (nSPS) is 23.5. The molecule has 1 aromatic rings. The van der Waals surface area contributed by atoms with Crippen molar-refractivity contribution in [3.05, 3.63) is 9.98 Å². The van der Waals surface area contributed by atoms with Crippen molar-refractivity contribution in [2.45, 2.75) is 12.6 Å². The monoisotopic (exact) mass is 234 g/mol. The van der Waals surface area contributed by atoms with Crippen molar-refractivity contribution in [1.29, 1.82) is 0 Å². The van der Waals surface area contributed by atoms with E-state index in [9.17, 15) is 5.11 Å². The largest absolute Gasteiger partial charge is 0.373 e. The van der Waals surface area contributed by atoms with Gasteiger partial charge in [0.25, 0.3) is 0 Å². The number of thiazole rings is 1. The van der Waals surface area contributed by atoms with Crippen LogP contribution in [0.25, 0.3) is 0 Å². The Balaban J connectivity index is 2.16. The summed E-state index contributed by atoms with van der Waals surface area (Å²) in [5.41, 5.74) is 0. The number of anilines is 1. The van der Waals surface area contributed by atoms with Crippen LogP contribution in [0.5, 0.6) is 0 Å². The molecule has 1 unspecified atom stereocenters. The molecule has 2 heterocycles. The van der Waals surface area contributed by atoms with Gasteiger partial charge in [-0.25, -0.2) is 4.98 Å². The number of nitrogens with zero attached hydrogens (tertiary/aromatic N) is 2. The molecule has 11 heavy (non-hydrogen) atoms. The Morgan fingerprint density at radius 1 is 1.82 bits per heavy atom. The van der Waals surface area contributed by atoms with Crippen molar-refractivity contribution in [1.82, 2.24) is 4.98 Å². The maximum Gasteiger partial charge on any atom is 0.188 e. The first-order valence-corrected chi connectivity index (χ1v) is 4.94. The summed E-state index contributed by atoms with van der Waals surface area (Å²) in [6.07, 6.45) is 2.30. The van der Waals surface area contributed by atoms with Crippen LogP contribution >= 0.6 is 27.3 Å². The van der Waals surface area contributed by atoms with E-state index < -0.39 is 0 Å². The molecule has 3 nitrogen and oxygen atoms in total. The van der Waals surface area contributed by atoms with Gasteiger partial charge in [-0.3, -0.25) is 0 Å². The molecule has 1 saturated heterocycles. The summed E-state index contributed by atoms with van der Waals surface area (Å²) in [5.74, 6) is 0. The molecule has 2 rings (SSSR count). The number of aliphatic hydroxyl groups is 1. The summed E-state index contributed by atoms with van der Waals surface area (Å²) >= 11 is 4.87. The van der Waals surface area contributed by atoms with Crippen molar-refractivity contribution in [2.24, 2.45) is 0 Å². The van der Waals surface area contributed by atoms with E-state index in [0.29, 0.717) is 0 Å². The van der Waals surface area contributed by atoms with Gasteiger partial charge in [0.1, 0.15) is 6.23 Å². The van der Waals surface area contributed by atoms with Crippen LogP contribution in [0.2, 0.25) is 0 Å². The lowest BCUT2D eigenvalue weighted by atomic mass is 10.2. The fourth-order valence-electron chi connectivity index (χ4n) is 0.975. The Labute approximate surface area is 76.8 Å². The van der Waals surface area contributed by atoms with Gasteiger partial charge in [0, 0.05) is 13.0 Å². The highest BCUT2D eigenvalue weighted by Crippen LogP contribution is 2.31. The quantitative estimate of drug-likeness (QED) is 0.799. The topological polar surface area (TPSA) is 36.4 Å². The van der Waals surface area contributed by atoms with Gasteiger partial charge in [-0.2, -0.15) is 0 Å². The average molecular weight is 235 g/mol. The predicted molar refractivity (Wildman–Crippen MR) is 47.8 cm³/mol. The first-order chi connectivity index (χ1) is 5.27. The molecule has 5 heteroatoms. The van der Waals surface area contributed by atoms with E-state index >= 15 is 0 Å². The van der Waals surface area contributed by atoms with Crippen molar-refractivity contribution in [3.63, 3.8) is 0 Å². The minimum absolute atomic E-state index is 0.312. The Bertz CT molecular complexity index is 265.